The van der Waals surface area contributed by atoms with Gasteiger partial charge in [-0.2, -0.15) is 0 Å². The van der Waals surface area contributed by atoms with Crippen molar-refractivity contribution in [2.75, 3.05) is 25.6 Å². The molecule has 3 N–H and O–H groups in total. The van der Waals surface area contributed by atoms with E-state index < -0.39 is 0 Å². The van der Waals surface area contributed by atoms with Crippen LogP contribution in [0.2, 0.25) is 0 Å². The summed E-state index contributed by atoms with van der Waals surface area (Å²) >= 11 is 0. The van der Waals surface area contributed by atoms with E-state index in [1.807, 2.05) is 30.3 Å². The molecule has 0 saturated carbocycles. The number of nitrogens with one attached hydrogen (secondary N) is 1. The van der Waals surface area contributed by atoms with Gasteiger partial charge in [-0.3, -0.25) is 0 Å². The van der Waals surface area contributed by atoms with Crippen LogP contribution in [0.15, 0.2) is 30.3 Å². The third-order valence-electron chi connectivity index (χ3n) is 2.50. The fourth-order valence-electron chi connectivity index (χ4n) is 1.56. The summed E-state index contributed by atoms with van der Waals surface area (Å²) in [6.45, 7) is 3.47. The summed E-state index contributed by atoms with van der Waals surface area (Å²) in [6.07, 6.45) is 0. The fourth-order valence-corrected chi connectivity index (χ4v) is 1.56. The van der Waals surface area contributed by atoms with Gasteiger partial charge in [-0.1, -0.05) is 25.1 Å². The second-order valence-electron chi connectivity index (χ2n) is 3.79. The number of nitrogens with two attached hydrogens (primary N) is 1. The normalized spacial score (nSPS) is 14.6. The summed E-state index contributed by atoms with van der Waals surface area (Å²) in [4.78, 5) is 0. The molecular weight excluding hydrogens is 188 g/mol. The van der Waals surface area contributed by atoms with E-state index in [0.717, 1.165) is 12.3 Å². The van der Waals surface area contributed by atoms with Crippen molar-refractivity contribution < 1.29 is 4.74 Å². The highest BCUT2D eigenvalue weighted by Crippen LogP contribution is 2.11. The van der Waals surface area contributed by atoms with E-state index >= 15 is 0 Å². The molecule has 0 aliphatic carbocycles. The Morgan fingerprint density at radius 3 is 2.53 bits per heavy atom. The van der Waals surface area contributed by atoms with Crippen molar-refractivity contribution in [2.45, 2.75) is 13.0 Å². The van der Waals surface area contributed by atoms with Crippen LogP contribution in [0.4, 0.5) is 5.69 Å². The highest BCUT2D eigenvalue weighted by molar-refractivity contribution is 5.43. The highest BCUT2D eigenvalue weighted by atomic mass is 16.5. The van der Waals surface area contributed by atoms with E-state index in [1.54, 1.807) is 7.11 Å². The Bertz CT molecular complexity index is 264. The summed E-state index contributed by atoms with van der Waals surface area (Å²) in [5.74, 6) is 0.403. The molecule has 1 aromatic carbocycles. The largest absolute Gasteiger partial charge is 0.384 e. The minimum Gasteiger partial charge on any atom is -0.384 e. The van der Waals surface area contributed by atoms with Crippen molar-refractivity contribution >= 4 is 5.69 Å². The SMILES string of the molecule is COCC(C)C(CN)Nc1ccccc1. The molecule has 0 aliphatic rings. The Morgan fingerprint density at radius 1 is 1.33 bits per heavy atom. The van der Waals surface area contributed by atoms with E-state index in [4.69, 9.17) is 10.5 Å². The molecule has 0 saturated heterocycles. The topological polar surface area (TPSA) is 47.3 Å². The molecule has 0 heterocycles. The maximum atomic E-state index is 5.73. The first kappa shape index (κ1) is 12.0. The van der Waals surface area contributed by atoms with Gasteiger partial charge in [0.1, 0.15) is 0 Å². The zero-order valence-corrected chi connectivity index (χ0v) is 9.44. The Kier molecular flexibility index (Phi) is 5.15. The maximum absolute atomic E-state index is 5.73. The lowest BCUT2D eigenvalue weighted by atomic mass is 10.0. The molecule has 0 aromatic heterocycles. The van der Waals surface area contributed by atoms with E-state index in [1.165, 1.54) is 0 Å². The summed E-state index contributed by atoms with van der Waals surface area (Å²) in [5.41, 5.74) is 6.84. The summed E-state index contributed by atoms with van der Waals surface area (Å²) in [7, 11) is 1.71. The monoisotopic (exact) mass is 208 g/mol. The van der Waals surface area contributed by atoms with Crippen LogP contribution >= 0.6 is 0 Å². The van der Waals surface area contributed by atoms with Crippen LogP contribution in [-0.4, -0.2) is 26.3 Å². The molecule has 1 aromatic rings. The van der Waals surface area contributed by atoms with Crippen LogP contribution in [0.25, 0.3) is 0 Å². The molecule has 2 unspecified atom stereocenters. The van der Waals surface area contributed by atoms with Gasteiger partial charge < -0.3 is 15.8 Å². The number of hydrogen-bond acceptors (Lipinski definition) is 3. The molecule has 84 valence electrons. The van der Waals surface area contributed by atoms with Crippen LogP contribution in [-0.2, 0) is 4.74 Å². The molecule has 3 heteroatoms. The highest BCUT2D eigenvalue weighted by Gasteiger charge is 2.14. The number of methoxy groups -OCH3 is 1. The third kappa shape index (κ3) is 3.90. The van der Waals surface area contributed by atoms with Crippen molar-refractivity contribution in [3.05, 3.63) is 30.3 Å². The van der Waals surface area contributed by atoms with Crippen molar-refractivity contribution in [3.8, 4) is 0 Å². The predicted octanol–water partition coefficient (Wildman–Crippen LogP) is 1.71. The molecular formula is C12H20N2O. The van der Waals surface area contributed by atoms with E-state index in [9.17, 15) is 0 Å². The zero-order chi connectivity index (χ0) is 11.1. The van der Waals surface area contributed by atoms with Gasteiger partial charge in [0.15, 0.2) is 0 Å². The molecule has 3 nitrogen and oxygen atoms in total. The average Bonchev–Trinajstić information content (AvgIpc) is 2.27. The fraction of sp³-hybridized carbons (Fsp3) is 0.500. The van der Waals surface area contributed by atoms with Gasteiger partial charge in [0.05, 0.1) is 6.61 Å². The van der Waals surface area contributed by atoms with Gasteiger partial charge in [-0.25, -0.2) is 0 Å². The first-order chi connectivity index (χ1) is 7.27. The lowest BCUT2D eigenvalue weighted by molar-refractivity contribution is 0.151. The van der Waals surface area contributed by atoms with Crippen molar-refractivity contribution in [3.63, 3.8) is 0 Å². The van der Waals surface area contributed by atoms with Crippen molar-refractivity contribution in [1.29, 1.82) is 0 Å². The molecule has 2 atom stereocenters. The quantitative estimate of drug-likeness (QED) is 0.748. The second kappa shape index (κ2) is 6.43. The first-order valence-electron chi connectivity index (χ1n) is 5.28. The van der Waals surface area contributed by atoms with Crippen molar-refractivity contribution in [1.82, 2.24) is 0 Å². The van der Waals surface area contributed by atoms with E-state index in [2.05, 4.69) is 12.2 Å². The lowest BCUT2D eigenvalue weighted by Gasteiger charge is -2.24. The van der Waals surface area contributed by atoms with Gasteiger partial charge in [-0.05, 0) is 12.1 Å². The third-order valence-corrected chi connectivity index (χ3v) is 2.50. The number of hydrogen-bond donors (Lipinski definition) is 2. The van der Waals surface area contributed by atoms with Gasteiger partial charge >= 0.3 is 0 Å². The maximum Gasteiger partial charge on any atom is 0.0507 e. The molecule has 0 aliphatic heterocycles. The van der Waals surface area contributed by atoms with Gasteiger partial charge in [0, 0.05) is 31.3 Å². The van der Waals surface area contributed by atoms with Gasteiger partial charge in [-0.15, -0.1) is 0 Å². The Balaban J connectivity index is 2.53. The second-order valence-corrected chi connectivity index (χ2v) is 3.79. The van der Waals surface area contributed by atoms with Crippen LogP contribution in [0.1, 0.15) is 6.92 Å². The van der Waals surface area contributed by atoms with Gasteiger partial charge in [0.2, 0.25) is 0 Å². The lowest BCUT2D eigenvalue weighted by Crippen LogP contribution is -2.36. The number of anilines is 1. The number of para-hydroxylation sites is 1. The molecule has 0 spiro atoms. The Labute approximate surface area is 91.6 Å². The summed E-state index contributed by atoms with van der Waals surface area (Å²) in [6, 6.07) is 10.4. The van der Waals surface area contributed by atoms with Gasteiger partial charge in [0.25, 0.3) is 0 Å². The smallest absolute Gasteiger partial charge is 0.0507 e. The number of rotatable bonds is 6. The zero-order valence-electron chi connectivity index (χ0n) is 9.44. The van der Waals surface area contributed by atoms with E-state index in [-0.39, 0.29) is 6.04 Å². The standard InChI is InChI=1S/C12H20N2O/c1-10(9-15-2)12(8-13)14-11-6-4-3-5-7-11/h3-7,10,12,14H,8-9,13H2,1-2H3. The molecule has 0 amide bonds. The molecule has 1 rings (SSSR count). The van der Waals surface area contributed by atoms with Crippen LogP contribution < -0.4 is 11.1 Å². The average molecular weight is 208 g/mol. The number of benzene rings is 1. The van der Waals surface area contributed by atoms with Crippen LogP contribution in [0.3, 0.4) is 0 Å². The summed E-state index contributed by atoms with van der Waals surface area (Å²) in [5, 5.41) is 3.41. The summed E-state index contributed by atoms with van der Waals surface area (Å²) < 4.78 is 5.13. The molecule has 0 fully saturated rings. The number of ether oxygens (including phenoxy) is 1. The molecule has 0 radical (unpaired) electrons. The predicted molar refractivity (Wildman–Crippen MR) is 63.9 cm³/mol. The van der Waals surface area contributed by atoms with Crippen molar-refractivity contribution in [2.24, 2.45) is 11.7 Å². The minimum absolute atomic E-state index is 0.257. The molecule has 0 bridgehead atoms. The minimum atomic E-state index is 0.257. The first-order valence-corrected chi connectivity index (χ1v) is 5.28. The Hall–Kier alpha value is -1.06. The molecule has 15 heavy (non-hydrogen) atoms. The van der Waals surface area contributed by atoms with E-state index in [0.29, 0.717) is 12.5 Å². The van der Waals surface area contributed by atoms with Crippen LogP contribution in [0.5, 0.6) is 0 Å². The Morgan fingerprint density at radius 2 is 2.00 bits per heavy atom. The van der Waals surface area contributed by atoms with Crippen LogP contribution in [0, 0.1) is 5.92 Å².